The Hall–Kier alpha value is -2.99. The number of hydrogen-bond acceptors (Lipinski definition) is 4. The molecule has 6 nitrogen and oxygen atoms in total. The summed E-state index contributed by atoms with van der Waals surface area (Å²) >= 11 is 0. The van der Waals surface area contributed by atoms with E-state index in [1.807, 2.05) is 54.2 Å². The van der Waals surface area contributed by atoms with Crippen LogP contribution in [0.1, 0.15) is 33.0 Å². The summed E-state index contributed by atoms with van der Waals surface area (Å²) in [6.45, 7) is 5.81. The fraction of sp³-hybridized carbons (Fsp3) is 0.286. The topological polar surface area (TPSA) is 63.1 Å². The van der Waals surface area contributed by atoms with Crippen molar-refractivity contribution in [1.82, 2.24) is 25.0 Å². The van der Waals surface area contributed by atoms with Crippen LogP contribution in [0.4, 0.5) is 0 Å². The summed E-state index contributed by atoms with van der Waals surface area (Å²) in [6, 6.07) is 15.9. The second kappa shape index (κ2) is 7.72. The lowest BCUT2D eigenvalue weighted by Crippen LogP contribution is -2.33. The Labute approximate surface area is 158 Å². The summed E-state index contributed by atoms with van der Waals surface area (Å²) in [5, 5.41) is 7.42. The highest BCUT2D eigenvalue weighted by atomic mass is 16.1. The SMILES string of the molecule is Cc1ccc(CN2CCn3nc(C(=O)NCc4ccccc4)cc3C2)nc1. The molecule has 1 amide bonds. The number of rotatable bonds is 5. The van der Waals surface area contributed by atoms with Gasteiger partial charge in [-0.25, -0.2) is 0 Å². The minimum absolute atomic E-state index is 0.132. The van der Waals surface area contributed by atoms with Crippen molar-refractivity contribution in [2.24, 2.45) is 0 Å². The van der Waals surface area contributed by atoms with E-state index in [1.54, 1.807) is 0 Å². The second-order valence-corrected chi connectivity index (χ2v) is 6.95. The van der Waals surface area contributed by atoms with Crippen molar-refractivity contribution >= 4 is 5.91 Å². The number of nitrogens with zero attached hydrogens (tertiary/aromatic N) is 4. The molecule has 1 aliphatic rings. The molecule has 138 valence electrons. The molecular weight excluding hydrogens is 338 g/mol. The predicted octanol–water partition coefficient (Wildman–Crippen LogP) is 2.53. The first-order chi connectivity index (χ1) is 13.2. The van der Waals surface area contributed by atoms with Gasteiger partial charge in [-0.15, -0.1) is 0 Å². The summed E-state index contributed by atoms with van der Waals surface area (Å²) in [6.07, 6.45) is 1.90. The van der Waals surface area contributed by atoms with Crippen LogP contribution in [0.25, 0.3) is 0 Å². The van der Waals surface area contributed by atoms with Crippen molar-refractivity contribution in [3.05, 3.63) is 82.9 Å². The first-order valence-corrected chi connectivity index (χ1v) is 9.20. The van der Waals surface area contributed by atoms with Crippen molar-refractivity contribution in [2.75, 3.05) is 6.54 Å². The Morgan fingerprint density at radius 1 is 1.15 bits per heavy atom. The molecule has 1 aromatic carbocycles. The van der Waals surface area contributed by atoms with Crippen LogP contribution in [0.3, 0.4) is 0 Å². The van der Waals surface area contributed by atoms with Crippen LogP contribution in [0.2, 0.25) is 0 Å². The molecule has 0 fully saturated rings. The molecule has 0 radical (unpaired) electrons. The fourth-order valence-electron chi connectivity index (χ4n) is 3.26. The third-order valence-corrected chi connectivity index (χ3v) is 4.76. The van der Waals surface area contributed by atoms with Gasteiger partial charge in [0.05, 0.1) is 17.9 Å². The normalized spacial score (nSPS) is 14.0. The fourth-order valence-corrected chi connectivity index (χ4v) is 3.26. The van der Waals surface area contributed by atoms with Gasteiger partial charge < -0.3 is 5.32 Å². The first-order valence-electron chi connectivity index (χ1n) is 9.20. The van der Waals surface area contributed by atoms with E-state index in [1.165, 1.54) is 5.56 Å². The lowest BCUT2D eigenvalue weighted by Gasteiger charge is -2.27. The summed E-state index contributed by atoms with van der Waals surface area (Å²) in [5.41, 5.74) is 4.86. The number of aromatic nitrogens is 3. The lowest BCUT2D eigenvalue weighted by atomic mass is 10.2. The molecular formula is C21H23N5O. The Morgan fingerprint density at radius 3 is 2.78 bits per heavy atom. The zero-order valence-electron chi connectivity index (χ0n) is 15.4. The van der Waals surface area contributed by atoms with E-state index < -0.39 is 0 Å². The number of fused-ring (bicyclic) bond motifs is 1. The van der Waals surface area contributed by atoms with Crippen LogP contribution < -0.4 is 5.32 Å². The van der Waals surface area contributed by atoms with E-state index in [0.29, 0.717) is 12.2 Å². The van der Waals surface area contributed by atoms with Crippen molar-refractivity contribution < 1.29 is 4.79 Å². The van der Waals surface area contributed by atoms with E-state index in [4.69, 9.17) is 0 Å². The van der Waals surface area contributed by atoms with Crippen molar-refractivity contribution in [3.63, 3.8) is 0 Å². The number of aryl methyl sites for hydroxylation is 1. The minimum atomic E-state index is -0.132. The molecule has 1 aliphatic heterocycles. The number of pyridine rings is 1. The standard InChI is InChI=1S/C21H23N5O/c1-16-7-8-18(22-12-16)14-25-9-10-26-19(15-25)11-20(24-26)21(27)23-13-17-5-3-2-4-6-17/h2-8,11-12H,9-10,13-15H2,1H3,(H,23,27). The molecule has 3 heterocycles. The van der Waals surface area contributed by atoms with E-state index in [-0.39, 0.29) is 5.91 Å². The maximum absolute atomic E-state index is 12.4. The molecule has 0 spiro atoms. The van der Waals surface area contributed by atoms with Gasteiger partial charge >= 0.3 is 0 Å². The molecule has 0 saturated heterocycles. The molecule has 3 aromatic rings. The number of amides is 1. The zero-order chi connectivity index (χ0) is 18.6. The number of carbonyl (C=O) groups excluding carboxylic acids is 1. The highest BCUT2D eigenvalue weighted by molar-refractivity contribution is 5.92. The highest BCUT2D eigenvalue weighted by Gasteiger charge is 2.21. The van der Waals surface area contributed by atoms with Crippen molar-refractivity contribution in [2.45, 2.75) is 33.1 Å². The van der Waals surface area contributed by atoms with E-state index >= 15 is 0 Å². The summed E-state index contributed by atoms with van der Waals surface area (Å²) in [4.78, 5) is 19.3. The summed E-state index contributed by atoms with van der Waals surface area (Å²) < 4.78 is 1.94. The number of nitrogens with one attached hydrogen (secondary N) is 1. The van der Waals surface area contributed by atoms with Gasteiger partial charge in [0.2, 0.25) is 0 Å². The number of benzene rings is 1. The zero-order valence-corrected chi connectivity index (χ0v) is 15.4. The molecule has 0 unspecified atom stereocenters. The number of carbonyl (C=O) groups is 1. The molecule has 2 aromatic heterocycles. The second-order valence-electron chi connectivity index (χ2n) is 6.95. The van der Waals surface area contributed by atoms with Crippen LogP contribution in [0, 0.1) is 6.92 Å². The van der Waals surface area contributed by atoms with Gasteiger partial charge in [0.15, 0.2) is 5.69 Å². The molecule has 0 bridgehead atoms. The van der Waals surface area contributed by atoms with Crippen molar-refractivity contribution in [3.8, 4) is 0 Å². The highest BCUT2D eigenvalue weighted by Crippen LogP contribution is 2.16. The average Bonchev–Trinajstić information content (AvgIpc) is 3.12. The van der Waals surface area contributed by atoms with Crippen LogP contribution >= 0.6 is 0 Å². The van der Waals surface area contributed by atoms with Crippen LogP contribution in [0.15, 0.2) is 54.7 Å². The van der Waals surface area contributed by atoms with Gasteiger partial charge in [-0.05, 0) is 30.2 Å². The predicted molar refractivity (Wildman–Crippen MR) is 103 cm³/mol. The quantitative estimate of drug-likeness (QED) is 0.759. The Kier molecular flexibility index (Phi) is 4.98. The summed E-state index contributed by atoms with van der Waals surface area (Å²) in [5.74, 6) is -0.132. The minimum Gasteiger partial charge on any atom is -0.347 e. The van der Waals surface area contributed by atoms with Crippen LogP contribution in [-0.4, -0.2) is 32.1 Å². The van der Waals surface area contributed by atoms with Gasteiger partial charge in [-0.1, -0.05) is 36.4 Å². The molecule has 27 heavy (non-hydrogen) atoms. The molecule has 0 saturated carbocycles. The molecule has 1 N–H and O–H groups in total. The smallest absolute Gasteiger partial charge is 0.272 e. The van der Waals surface area contributed by atoms with Gasteiger partial charge in [-0.2, -0.15) is 5.10 Å². The van der Waals surface area contributed by atoms with Crippen LogP contribution in [-0.2, 0) is 26.2 Å². The Balaban J connectivity index is 1.38. The molecule has 0 aliphatic carbocycles. The van der Waals surface area contributed by atoms with E-state index in [9.17, 15) is 4.79 Å². The molecule has 4 rings (SSSR count). The maximum Gasteiger partial charge on any atom is 0.272 e. The summed E-state index contributed by atoms with van der Waals surface area (Å²) in [7, 11) is 0. The van der Waals surface area contributed by atoms with E-state index in [2.05, 4.69) is 32.4 Å². The average molecular weight is 361 g/mol. The van der Waals surface area contributed by atoms with Crippen LogP contribution in [0.5, 0.6) is 0 Å². The van der Waals surface area contributed by atoms with Gasteiger partial charge in [-0.3, -0.25) is 19.4 Å². The van der Waals surface area contributed by atoms with Gasteiger partial charge in [0, 0.05) is 32.4 Å². The maximum atomic E-state index is 12.4. The van der Waals surface area contributed by atoms with Gasteiger partial charge in [0.1, 0.15) is 0 Å². The van der Waals surface area contributed by atoms with Gasteiger partial charge in [0.25, 0.3) is 5.91 Å². The Morgan fingerprint density at radius 2 is 2.00 bits per heavy atom. The lowest BCUT2D eigenvalue weighted by molar-refractivity contribution is 0.0945. The third-order valence-electron chi connectivity index (χ3n) is 4.76. The third kappa shape index (κ3) is 4.23. The van der Waals surface area contributed by atoms with E-state index in [0.717, 1.165) is 43.1 Å². The first kappa shape index (κ1) is 17.4. The number of hydrogen-bond donors (Lipinski definition) is 1. The van der Waals surface area contributed by atoms with Crippen molar-refractivity contribution in [1.29, 1.82) is 0 Å². The molecule has 6 heteroatoms. The monoisotopic (exact) mass is 361 g/mol. The largest absolute Gasteiger partial charge is 0.347 e. The molecule has 0 atom stereocenters. The Bertz CT molecular complexity index is 918.